The monoisotopic (exact) mass is 366 g/mol. The SMILES string of the molecule is Fc1c(F)c(Br)c(Br)c(F)c1Br. The zero-order valence-corrected chi connectivity index (χ0v) is 10.0. The molecule has 66 valence electrons. The quantitative estimate of drug-likeness (QED) is 0.470. The van der Waals surface area contributed by atoms with Gasteiger partial charge < -0.3 is 0 Å². The first-order valence-corrected chi connectivity index (χ1v) is 5.01. The van der Waals surface area contributed by atoms with E-state index >= 15 is 0 Å². The molecule has 0 atom stereocenters. The minimum absolute atomic E-state index is 0.145. The molecule has 12 heavy (non-hydrogen) atoms. The van der Waals surface area contributed by atoms with Gasteiger partial charge in [-0.25, -0.2) is 13.2 Å². The molecule has 0 radical (unpaired) electrons. The molecule has 0 heterocycles. The van der Waals surface area contributed by atoms with E-state index in [4.69, 9.17) is 0 Å². The molecule has 0 aliphatic rings. The standard InChI is InChI=1S/C6Br3F3/c7-1-2(8)5(11)6(12)3(9)4(1)10. The van der Waals surface area contributed by atoms with Gasteiger partial charge in [-0.1, -0.05) is 0 Å². The summed E-state index contributed by atoms with van der Waals surface area (Å²) in [6.45, 7) is 0. The highest BCUT2D eigenvalue weighted by molar-refractivity contribution is 9.13. The molecule has 0 bridgehead atoms. The van der Waals surface area contributed by atoms with E-state index in [-0.39, 0.29) is 8.95 Å². The van der Waals surface area contributed by atoms with Gasteiger partial charge >= 0.3 is 0 Å². The fraction of sp³-hybridized carbons (Fsp3) is 0. The molecular formula is C6Br3F3. The molecule has 0 N–H and O–H groups in total. The summed E-state index contributed by atoms with van der Waals surface area (Å²) in [7, 11) is 0. The summed E-state index contributed by atoms with van der Waals surface area (Å²) in [6, 6.07) is 0. The predicted molar refractivity (Wildman–Crippen MR) is 49.4 cm³/mol. The highest BCUT2D eigenvalue weighted by atomic mass is 79.9. The molecule has 0 nitrogen and oxygen atoms in total. The maximum Gasteiger partial charge on any atom is 0.177 e. The maximum atomic E-state index is 12.9. The zero-order chi connectivity index (χ0) is 9.46. The number of rotatable bonds is 0. The smallest absolute Gasteiger partial charge is 0.177 e. The van der Waals surface area contributed by atoms with Gasteiger partial charge in [-0.2, -0.15) is 0 Å². The van der Waals surface area contributed by atoms with Gasteiger partial charge in [0.1, 0.15) is 0 Å². The molecule has 0 aromatic heterocycles. The third kappa shape index (κ3) is 1.56. The number of hydrogen-bond donors (Lipinski definition) is 0. The number of halogens is 6. The van der Waals surface area contributed by atoms with E-state index in [1.54, 1.807) is 0 Å². The molecule has 0 aliphatic heterocycles. The van der Waals surface area contributed by atoms with Gasteiger partial charge in [0.15, 0.2) is 17.5 Å². The van der Waals surface area contributed by atoms with E-state index in [0.717, 1.165) is 0 Å². The summed E-state index contributed by atoms with van der Waals surface area (Å²) in [6.07, 6.45) is 0. The Hall–Kier alpha value is 0.450. The molecule has 6 heteroatoms. The van der Waals surface area contributed by atoms with Gasteiger partial charge in [0.05, 0.1) is 13.4 Å². The van der Waals surface area contributed by atoms with Crippen LogP contribution in [-0.2, 0) is 0 Å². The lowest BCUT2D eigenvalue weighted by molar-refractivity contribution is 0.480. The van der Waals surface area contributed by atoms with E-state index in [1.807, 2.05) is 0 Å². The first-order chi connectivity index (χ1) is 5.46. The molecule has 0 spiro atoms. The van der Waals surface area contributed by atoms with E-state index < -0.39 is 21.9 Å². The summed E-state index contributed by atoms with van der Waals surface area (Å²) in [4.78, 5) is 0. The summed E-state index contributed by atoms with van der Waals surface area (Å²) >= 11 is 8.02. The van der Waals surface area contributed by atoms with E-state index in [1.165, 1.54) is 0 Å². The second-order valence-electron chi connectivity index (χ2n) is 1.88. The fourth-order valence-corrected chi connectivity index (χ4v) is 1.94. The Morgan fingerprint density at radius 3 is 1.42 bits per heavy atom. The van der Waals surface area contributed by atoms with Crippen LogP contribution in [0, 0.1) is 17.5 Å². The van der Waals surface area contributed by atoms with Gasteiger partial charge in [0, 0.05) is 0 Å². The van der Waals surface area contributed by atoms with Crippen molar-refractivity contribution in [2.24, 2.45) is 0 Å². The molecule has 0 fully saturated rings. The highest BCUT2D eigenvalue weighted by Crippen LogP contribution is 2.35. The van der Waals surface area contributed by atoms with Crippen LogP contribution in [0.3, 0.4) is 0 Å². The highest BCUT2D eigenvalue weighted by Gasteiger charge is 2.20. The van der Waals surface area contributed by atoms with Crippen molar-refractivity contribution in [2.75, 3.05) is 0 Å². The summed E-state index contributed by atoms with van der Waals surface area (Å²) in [5.74, 6) is -3.25. The van der Waals surface area contributed by atoms with Crippen molar-refractivity contribution in [1.29, 1.82) is 0 Å². The van der Waals surface area contributed by atoms with Crippen molar-refractivity contribution in [1.82, 2.24) is 0 Å². The van der Waals surface area contributed by atoms with Crippen molar-refractivity contribution in [2.45, 2.75) is 0 Å². The van der Waals surface area contributed by atoms with Crippen LogP contribution >= 0.6 is 47.8 Å². The first-order valence-electron chi connectivity index (χ1n) is 2.63. The van der Waals surface area contributed by atoms with E-state index in [0.29, 0.717) is 0 Å². The third-order valence-corrected chi connectivity index (χ3v) is 3.87. The lowest BCUT2D eigenvalue weighted by Gasteiger charge is -2.03. The molecule has 0 amide bonds. The van der Waals surface area contributed by atoms with Crippen LogP contribution in [-0.4, -0.2) is 0 Å². The fourth-order valence-electron chi connectivity index (χ4n) is 0.578. The Labute approximate surface area is 91.5 Å². The van der Waals surface area contributed by atoms with Crippen molar-refractivity contribution in [3.8, 4) is 0 Å². The molecule has 0 aliphatic carbocycles. The Morgan fingerprint density at radius 2 is 0.917 bits per heavy atom. The molecule has 0 saturated heterocycles. The maximum absolute atomic E-state index is 12.9. The lowest BCUT2D eigenvalue weighted by Crippen LogP contribution is -1.93. The minimum Gasteiger partial charge on any atom is -0.204 e. The van der Waals surface area contributed by atoms with E-state index in [2.05, 4.69) is 47.8 Å². The second kappa shape index (κ2) is 3.67. The van der Waals surface area contributed by atoms with Gasteiger partial charge in [0.2, 0.25) is 0 Å². The summed E-state index contributed by atoms with van der Waals surface area (Å²) in [5, 5.41) is 0. The lowest BCUT2D eigenvalue weighted by atomic mass is 10.3. The van der Waals surface area contributed by atoms with Crippen LogP contribution in [0.25, 0.3) is 0 Å². The van der Waals surface area contributed by atoms with Gasteiger partial charge in [0.25, 0.3) is 0 Å². The largest absolute Gasteiger partial charge is 0.204 e. The molecular weight excluding hydrogens is 369 g/mol. The average Bonchev–Trinajstić information content (AvgIpc) is 2.08. The number of hydrogen-bond acceptors (Lipinski definition) is 0. The first kappa shape index (κ1) is 10.5. The third-order valence-electron chi connectivity index (χ3n) is 1.16. The van der Waals surface area contributed by atoms with Crippen LogP contribution in [0.5, 0.6) is 0 Å². The second-order valence-corrected chi connectivity index (χ2v) is 4.26. The van der Waals surface area contributed by atoms with Crippen molar-refractivity contribution in [3.05, 3.63) is 30.9 Å². The average molecular weight is 369 g/mol. The van der Waals surface area contributed by atoms with Crippen molar-refractivity contribution < 1.29 is 13.2 Å². The summed E-state index contributed by atoms with van der Waals surface area (Å²) in [5.41, 5.74) is 0. The molecule has 0 saturated carbocycles. The summed E-state index contributed by atoms with van der Waals surface area (Å²) < 4.78 is 37.5. The molecule has 1 aromatic rings. The molecule has 1 rings (SSSR count). The van der Waals surface area contributed by atoms with Gasteiger partial charge in [-0.15, -0.1) is 0 Å². The Morgan fingerprint density at radius 1 is 0.583 bits per heavy atom. The van der Waals surface area contributed by atoms with Gasteiger partial charge in [-0.3, -0.25) is 0 Å². The Kier molecular flexibility index (Phi) is 3.22. The topological polar surface area (TPSA) is 0 Å². The van der Waals surface area contributed by atoms with Crippen molar-refractivity contribution >= 4 is 47.8 Å². The van der Waals surface area contributed by atoms with Crippen LogP contribution in [0.15, 0.2) is 13.4 Å². The van der Waals surface area contributed by atoms with Crippen LogP contribution < -0.4 is 0 Å². The van der Waals surface area contributed by atoms with Gasteiger partial charge in [-0.05, 0) is 47.8 Å². The number of benzene rings is 1. The Bertz CT molecular complexity index is 232. The predicted octanol–water partition coefficient (Wildman–Crippen LogP) is 4.39. The van der Waals surface area contributed by atoms with Crippen LogP contribution in [0.2, 0.25) is 0 Å². The minimum atomic E-state index is -1.25. The zero-order valence-electron chi connectivity index (χ0n) is 5.27. The van der Waals surface area contributed by atoms with E-state index in [9.17, 15) is 13.2 Å². The Balaban J connectivity index is 3.60. The van der Waals surface area contributed by atoms with Crippen molar-refractivity contribution in [3.63, 3.8) is 0 Å². The molecule has 1 aromatic carbocycles. The van der Waals surface area contributed by atoms with Crippen LogP contribution in [0.1, 0.15) is 0 Å². The normalized spacial score (nSPS) is 10.5. The van der Waals surface area contributed by atoms with Crippen LogP contribution in [0.4, 0.5) is 13.2 Å². The molecule has 0 unspecified atom stereocenters.